The number of carbonyl (C=O) groups excluding carboxylic acids is 1. The van der Waals surface area contributed by atoms with Crippen molar-refractivity contribution in [2.24, 2.45) is 0 Å². The summed E-state index contributed by atoms with van der Waals surface area (Å²) in [5.41, 5.74) is 0.412. The quantitative estimate of drug-likeness (QED) is 0.898. The fraction of sp³-hybridized carbons (Fsp3) is 0.312. The molecule has 3 rings (SSSR count). The summed E-state index contributed by atoms with van der Waals surface area (Å²) < 4.78 is 47.2. The molecule has 10 heteroatoms. The maximum atomic E-state index is 12.3. The SMILES string of the molecule is N#C[C@@H](NC(=O)c1cc2n(n1)CCCO2)c1ccc(OC(F)(F)F)cc1. The van der Waals surface area contributed by atoms with E-state index >= 15 is 0 Å². The minimum atomic E-state index is -4.80. The van der Waals surface area contributed by atoms with Crippen molar-refractivity contribution in [1.82, 2.24) is 15.1 Å². The van der Waals surface area contributed by atoms with Crippen LogP contribution in [0.1, 0.15) is 28.5 Å². The molecule has 0 bridgehead atoms. The zero-order chi connectivity index (χ0) is 18.7. The van der Waals surface area contributed by atoms with Gasteiger partial charge in [0.25, 0.3) is 5.91 Å². The van der Waals surface area contributed by atoms with Crippen LogP contribution >= 0.6 is 0 Å². The van der Waals surface area contributed by atoms with E-state index in [4.69, 9.17) is 4.74 Å². The standard InChI is InChI=1S/C16H13F3N4O3/c17-16(18,19)26-11-4-2-10(3-5-11)13(9-20)21-15(24)12-8-14-23(22-12)6-1-7-25-14/h2-5,8,13H,1,6-7H2,(H,21,24)/t13-/m1/s1. The van der Waals surface area contributed by atoms with E-state index in [1.807, 2.05) is 6.07 Å². The Bertz CT molecular complexity index is 816. The third-order valence-corrected chi connectivity index (χ3v) is 3.59. The Hall–Kier alpha value is -3.22. The first-order valence-electron chi connectivity index (χ1n) is 7.62. The molecule has 2 aromatic rings. The summed E-state index contributed by atoms with van der Waals surface area (Å²) >= 11 is 0. The highest BCUT2D eigenvalue weighted by Gasteiger charge is 2.31. The van der Waals surface area contributed by atoms with Crippen molar-refractivity contribution in [1.29, 1.82) is 5.26 Å². The van der Waals surface area contributed by atoms with Gasteiger partial charge in [-0.2, -0.15) is 10.4 Å². The van der Waals surface area contributed by atoms with Crippen LogP contribution in [0.2, 0.25) is 0 Å². The Morgan fingerprint density at radius 3 is 2.73 bits per heavy atom. The Balaban J connectivity index is 1.70. The molecule has 0 radical (unpaired) electrons. The molecule has 1 aromatic heterocycles. The van der Waals surface area contributed by atoms with Crippen LogP contribution in [0.3, 0.4) is 0 Å². The molecule has 7 nitrogen and oxygen atoms in total. The number of amides is 1. The van der Waals surface area contributed by atoms with Crippen LogP contribution < -0.4 is 14.8 Å². The molecule has 0 unspecified atom stereocenters. The minimum absolute atomic E-state index is 0.0965. The van der Waals surface area contributed by atoms with Crippen LogP contribution in [0.5, 0.6) is 11.6 Å². The first-order valence-corrected chi connectivity index (χ1v) is 7.62. The molecular weight excluding hydrogens is 353 g/mol. The first kappa shape index (κ1) is 17.6. The van der Waals surface area contributed by atoms with Gasteiger partial charge in [-0.3, -0.25) is 4.79 Å². The number of carbonyl (C=O) groups is 1. The summed E-state index contributed by atoms with van der Waals surface area (Å²) in [7, 11) is 0. The number of aryl methyl sites for hydroxylation is 1. The molecule has 0 aliphatic carbocycles. The van der Waals surface area contributed by atoms with E-state index in [0.29, 0.717) is 24.6 Å². The monoisotopic (exact) mass is 366 g/mol. The van der Waals surface area contributed by atoms with E-state index < -0.39 is 24.1 Å². The normalized spacial score (nSPS) is 14.5. The molecule has 0 saturated carbocycles. The predicted octanol–water partition coefficient (Wildman–Crippen LogP) is 2.56. The number of fused-ring (bicyclic) bond motifs is 1. The molecule has 0 spiro atoms. The Labute approximate surface area is 145 Å². The fourth-order valence-corrected chi connectivity index (χ4v) is 2.44. The zero-order valence-corrected chi connectivity index (χ0v) is 13.3. The molecule has 1 aliphatic rings. The number of benzene rings is 1. The molecule has 26 heavy (non-hydrogen) atoms. The Kier molecular flexibility index (Phi) is 4.71. The Morgan fingerprint density at radius 1 is 1.38 bits per heavy atom. The van der Waals surface area contributed by atoms with Gasteiger partial charge in [-0.1, -0.05) is 12.1 Å². The minimum Gasteiger partial charge on any atom is -0.478 e. The summed E-state index contributed by atoms with van der Waals surface area (Å²) in [5.74, 6) is -0.524. The second kappa shape index (κ2) is 6.95. The van der Waals surface area contributed by atoms with Gasteiger partial charge < -0.3 is 14.8 Å². The van der Waals surface area contributed by atoms with Crippen LogP contribution in [-0.4, -0.2) is 28.7 Å². The molecule has 1 atom stereocenters. The highest BCUT2D eigenvalue weighted by Crippen LogP contribution is 2.25. The lowest BCUT2D eigenvalue weighted by Gasteiger charge is -2.13. The summed E-state index contributed by atoms with van der Waals surface area (Å²) in [4.78, 5) is 12.3. The molecule has 0 saturated heterocycles. The van der Waals surface area contributed by atoms with Gasteiger partial charge in [-0.25, -0.2) is 4.68 Å². The summed E-state index contributed by atoms with van der Waals surface area (Å²) in [6.07, 6.45) is -4.02. The smallest absolute Gasteiger partial charge is 0.478 e. The summed E-state index contributed by atoms with van der Waals surface area (Å²) in [6, 6.07) is 7.00. The summed E-state index contributed by atoms with van der Waals surface area (Å²) in [6.45, 7) is 1.17. The second-order valence-corrected chi connectivity index (χ2v) is 5.45. The van der Waals surface area contributed by atoms with Crippen molar-refractivity contribution in [3.05, 3.63) is 41.6 Å². The van der Waals surface area contributed by atoms with Crippen molar-refractivity contribution >= 4 is 5.91 Å². The van der Waals surface area contributed by atoms with Gasteiger partial charge in [0.2, 0.25) is 5.88 Å². The number of hydrogen-bond acceptors (Lipinski definition) is 5. The number of nitrogens with one attached hydrogen (secondary N) is 1. The molecule has 0 fully saturated rings. The topological polar surface area (TPSA) is 89.2 Å². The second-order valence-electron chi connectivity index (χ2n) is 5.45. The lowest BCUT2D eigenvalue weighted by molar-refractivity contribution is -0.274. The van der Waals surface area contributed by atoms with E-state index in [1.54, 1.807) is 4.68 Å². The third-order valence-electron chi connectivity index (χ3n) is 3.59. The van der Waals surface area contributed by atoms with Crippen molar-refractivity contribution in [3.63, 3.8) is 0 Å². The fourth-order valence-electron chi connectivity index (χ4n) is 2.44. The van der Waals surface area contributed by atoms with Gasteiger partial charge in [0.05, 0.1) is 12.7 Å². The number of ether oxygens (including phenoxy) is 2. The van der Waals surface area contributed by atoms with Gasteiger partial charge in [-0.05, 0) is 17.7 Å². The van der Waals surface area contributed by atoms with Crippen molar-refractivity contribution in [3.8, 4) is 17.7 Å². The maximum absolute atomic E-state index is 12.3. The average Bonchev–Trinajstić information content (AvgIpc) is 3.03. The van der Waals surface area contributed by atoms with Crippen LogP contribution in [-0.2, 0) is 6.54 Å². The number of halogens is 3. The van der Waals surface area contributed by atoms with E-state index in [1.165, 1.54) is 18.2 Å². The molecule has 136 valence electrons. The van der Waals surface area contributed by atoms with Crippen molar-refractivity contribution in [2.75, 3.05) is 6.61 Å². The van der Waals surface area contributed by atoms with E-state index in [-0.39, 0.29) is 5.69 Å². The zero-order valence-electron chi connectivity index (χ0n) is 13.3. The molecule has 1 aliphatic heterocycles. The number of hydrogen-bond donors (Lipinski definition) is 1. The van der Waals surface area contributed by atoms with Crippen molar-refractivity contribution < 1.29 is 27.4 Å². The van der Waals surface area contributed by atoms with Crippen LogP contribution in [0.25, 0.3) is 0 Å². The molecule has 1 aromatic carbocycles. The largest absolute Gasteiger partial charge is 0.573 e. The summed E-state index contributed by atoms with van der Waals surface area (Å²) in [5, 5.41) is 15.9. The Morgan fingerprint density at radius 2 is 2.12 bits per heavy atom. The lowest BCUT2D eigenvalue weighted by Crippen LogP contribution is -2.28. The van der Waals surface area contributed by atoms with E-state index in [2.05, 4.69) is 15.2 Å². The van der Waals surface area contributed by atoms with Crippen LogP contribution in [0.15, 0.2) is 30.3 Å². The van der Waals surface area contributed by atoms with Gasteiger partial charge in [-0.15, -0.1) is 13.2 Å². The lowest BCUT2D eigenvalue weighted by atomic mass is 10.1. The third kappa shape index (κ3) is 4.05. The maximum Gasteiger partial charge on any atom is 0.573 e. The van der Waals surface area contributed by atoms with Gasteiger partial charge in [0.1, 0.15) is 11.8 Å². The van der Waals surface area contributed by atoms with E-state index in [0.717, 1.165) is 18.6 Å². The first-order chi connectivity index (χ1) is 12.4. The number of nitriles is 1. The number of nitrogens with zero attached hydrogens (tertiary/aromatic N) is 3. The van der Waals surface area contributed by atoms with Crippen LogP contribution in [0.4, 0.5) is 13.2 Å². The molecule has 1 N–H and O–H groups in total. The average molecular weight is 366 g/mol. The van der Waals surface area contributed by atoms with Crippen molar-refractivity contribution in [2.45, 2.75) is 25.4 Å². The molecular formula is C16H13F3N4O3. The molecule has 2 heterocycles. The highest BCUT2D eigenvalue weighted by molar-refractivity contribution is 5.93. The van der Waals surface area contributed by atoms with E-state index in [9.17, 15) is 23.2 Å². The molecule has 1 amide bonds. The number of rotatable bonds is 4. The highest BCUT2D eigenvalue weighted by atomic mass is 19.4. The van der Waals surface area contributed by atoms with Gasteiger partial charge in [0, 0.05) is 19.0 Å². The number of alkyl halides is 3. The number of aromatic nitrogens is 2. The van der Waals surface area contributed by atoms with Crippen LogP contribution in [0, 0.1) is 11.3 Å². The van der Waals surface area contributed by atoms with Gasteiger partial charge in [0.15, 0.2) is 5.69 Å². The van der Waals surface area contributed by atoms with Gasteiger partial charge >= 0.3 is 6.36 Å². The predicted molar refractivity (Wildman–Crippen MR) is 81.3 cm³/mol.